The maximum Gasteiger partial charge on any atom is 0.261 e. The molecule has 0 unspecified atom stereocenters. The molecule has 0 aliphatic heterocycles. The highest BCUT2D eigenvalue weighted by Gasteiger charge is 2.17. The van der Waals surface area contributed by atoms with Gasteiger partial charge in [0.15, 0.2) is 0 Å². The number of carbonyl (C=O) groups excluding carboxylic acids is 1. The molecular formula is C16H11BrN2O2. The molecule has 3 rings (SSSR count). The molecular weight excluding hydrogens is 332 g/mol. The van der Waals surface area contributed by atoms with E-state index in [2.05, 4.69) is 26.4 Å². The van der Waals surface area contributed by atoms with Crippen LogP contribution in [-0.2, 0) is 0 Å². The summed E-state index contributed by atoms with van der Waals surface area (Å²) in [5.41, 5.74) is 2.49. The molecule has 4 nitrogen and oxygen atoms in total. The molecule has 21 heavy (non-hydrogen) atoms. The van der Waals surface area contributed by atoms with E-state index in [0.717, 1.165) is 10.0 Å². The second-order valence-corrected chi connectivity index (χ2v) is 5.32. The lowest BCUT2D eigenvalue weighted by molar-refractivity contribution is 0.102. The van der Waals surface area contributed by atoms with E-state index in [0.29, 0.717) is 16.9 Å². The van der Waals surface area contributed by atoms with E-state index in [-0.39, 0.29) is 5.91 Å². The van der Waals surface area contributed by atoms with Crippen LogP contribution in [0.25, 0.3) is 11.3 Å². The number of amides is 1. The normalized spacial score (nSPS) is 10.3. The molecule has 0 aliphatic rings. The number of nitrogens with zero attached hydrogens (tertiary/aromatic N) is 1. The SMILES string of the molecule is O=C(Nc1ccc(Br)cc1)c1conc1-c1ccccc1. The van der Waals surface area contributed by atoms with Crippen molar-refractivity contribution >= 4 is 27.5 Å². The maximum atomic E-state index is 12.3. The molecule has 0 bridgehead atoms. The molecule has 0 spiro atoms. The lowest BCUT2D eigenvalue weighted by Crippen LogP contribution is -2.12. The highest BCUT2D eigenvalue weighted by atomic mass is 79.9. The number of aromatic nitrogens is 1. The number of benzene rings is 2. The molecule has 0 aliphatic carbocycles. The zero-order valence-electron chi connectivity index (χ0n) is 10.9. The van der Waals surface area contributed by atoms with Crippen LogP contribution in [0.5, 0.6) is 0 Å². The average molecular weight is 343 g/mol. The second-order valence-electron chi connectivity index (χ2n) is 4.40. The van der Waals surface area contributed by atoms with E-state index in [9.17, 15) is 4.79 Å². The fourth-order valence-corrected chi connectivity index (χ4v) is 2.20. The van der Waals surface area contributed by atoms with Crippen LogP contribution in [0.3, 0.4) is 0 Å². The molecule has 1 heterocycles. The van der Waals surface area contributed by atoms with Crippen LogP contribution in [0, 0.1) is 0 Å². The minimum absolute atomic E-state index is 0.252. The Hall–Kier alpha value is -2.40. The molecule has 0 saturated carbocycles. The molecule has 2 aromatic carbocycles. The molecule has 0 radical (unpaired) electrons. The number of hydrogen-bond donors (Lipinski definition) is 1. The molecule has 0 saturated heterocycles. The highest BCUT2D eigenvalue weighted by Crippen LogP contribution is 2.23. The molecule has 104 valence electrons. The summed E-state index contributed by atoms with van der Waals surface area (Å²) in [7, 11) is 0. The molecule has 1 amide bonds. The van der Waals surface area contributed by atoms with E-state index in [1.165, 1.54) is 6.26 Å². The minimum atomic E-state index is -0.252. The first-order valence-corrected chi connectivity index (χ1v) is 7.10. The van der Waals surface area contributed by atoms with Gasteiger partial charge in [-0.25, -0.2) is 0 Å². The van der Waals surface area contributed by atoms with Crippen LogP contribution in [0.2, 0.25) is 0 Å². The lowest BCUT2D eigenvalue weighted by Gasteiger charge is -2.05. The third-order valence-corrected chi connectivity index (χ3v) is 3.49. The van der Waals surface area contributed by atoms with Crippen molar-refractivity contribution in [2.24, 2.45) is 0 Å². The Morgan fingerprint density at radius 1 is 1.05 bits per heavy atom. The number of nitrogens with one attached hydrogen (secondary N) is 1. The highest BCUT2D eigenvalue weighted by molar-refractivity contribution is 9.10. The summed E-state index contributed by atoms with van der Waals surface area (Å²) in [4.78, 5) is 12.3. The second kappa shape index (κ2) is 5.93. The Morgan fingerprint density at radius 2 is 1.76 bits per heavy atom. The monoisotopic (exact) mass is 342 g/mol. The molecule has 5 heteroatoms. The first kappa shape index (κ1) is 13.6. The fraction of sp³-hybridized carbons (Fsp3) is 0. The average Bonchev–Trinajstić information content (AvgIpc) is 3.00. The van der Waals surface area contributed by atoms with Crippen molar-refractivity contribution in [3.05, 3.63) is 70.9 Å². The van der Waals surface area contributed by atoms with Gasteiger partial charge < -0.3 is 9.84 Å². The van der Waals surface area contributed by atoms with E-state index in [1.807, 2.05) is 54.6 Å². The van der Waals surface area contributed by atoms with E-state index < -0.39 is 0 Å². The minimum Gasteiger partial charge on any atom is -0.363 e. The lowest BCUT2D eigenvalue weighted by atomic mass is 10.1. The zero-order valence-corrected chi connectivity index (χ0v) is 12.5. The van der Waals surface area contributed by atoms with Gasteiger partial charge in [0.2, 0.25) is 0 Å². The summed E-state index contributed by atoms with van der Waals surface area (Å²) in [5, 5.41) is 6.74. The first-order valence-electron chi connectivity index (χ1n) is 6.31. The first-order chi connectivity index (χ1) is 10.2. The predicted octanol–water partition coefficient (Wildman–Crippen LogP) is 4.36. The van der Waals surface area contributed by atoms with Crippen LogP contribution in [-0.4, -0.2) is 11.1 Å². The third kappa shape index (κ3) is 3.03. The topological polar surface area (TPSA) is 55.1 Å². The van der Waals surface area contributed by atoms with Gasteiger partial charge in [0, 0.05) is 15.7 Å². The Balaban J connectivity index is 1.86. The van der Waals surface area contributed by atoms with Gasteiger partial charge in [0.25, 0.3) is 5.91 Å². The van der Waals surface area contributed by atoms with Gasteiger partial charge in [0.1, 0.15) is 17.5 Å². The van der Waals surface area contributed by atoms with Crippen molar-refractivity contribution in [2.45, 2.75) is 0 Å². The number of halogens is 1. The van der Waals surface area contributed by atoms with Gasteiger partial charge in [-0.2, -0.15) is 0 Å². The summed E-state index contributed by atoms with van der Waals surface area (Å²) < 4.78 is 5.91. The van der Waals surface area contributed by atoms with E-state index in [4.69, 9.17) is 4.52 Å². The molecule has 1 aromatic heterocycles. The van der Waals surface area contributed by atoms with Crippen LogP contribution < -0.4 is 5.32 Å². The summed E-state index contributed by atoms with van der Waals surface area (Å²) in [5.74, 6) is -0.252. The summed E-state index contributed by atoms with van der Waals surface area (Å²) in [6, 6.07) is 16.8. The quantitative estimate of drug-likeness (QED) is 0.769. The Kier molecular flexibility index (Phi) is 3.83. The van der Waals surface area contributed by atoms with Crippen LogP contribution in [0.1, 0.15) is 10.4 Å². The van der Waals surface area contributed by atoms with Crippen molar-refractivity contribution in [3.8, 4) is 11.3 Å². The number of carbonyl (C=O) groups is 1. The zero-order chi connectivity index (χ0) is 14.7. The number of anilines is 1. The van der Waals surface area contributed by atoms with Gasteiger partial charge in [0.05, 0.1) is 0 Å². The van der Waals surface area contributed by atoms with Gasteiger partial charge in [-0.05, 0) is 24.3 Å². The smallest absolute Gasteiger partial charge is 0.261 e. The van der Waals surface area contributed by atoms with Crippen LogP contribution in [0.15, 0.2) is 69.9 Å². The van der Waals surface area contributed by atoms with Gasteiger partial charge in [-0.15, -0.1) is 0 Å². The standard InChI is InChI=1S/C16H11BrN2O2/c17-12-6-8-13(9-7-12)18-16(20)14-10-21-19-15(14)11-4-2-1-3-5-11/h1-10H,(H,18,20). The summed E-state index contributed by atoms with van der Waals surface area (Å²) in [6.07, 6.45) is 1.36. The van der Waals surface area contributed by atoms with Crippen molar-refractivity contribution in [2.75, 3.05) is 5.32 Å². The van der Waals surface area contributed by atoms with Crippen molar-refractivity contribution in [3.63, 3.8) is 0 Å². The molecule has 1 N–H and O–H groups in total. The Morgan fingerprint density at radius 3 is 2.48 bits per heavy atom. The third-order valence-electron chi connectivity index (χ3n) is 2.96. The van der Waals surface area contributed by atoms with Crippen molar-refractivity contribution in [1.82, 2.24) is 5.16 Å². The largest absolute Gasteiger partial charge is 0.363 e. The summed E-state index contributed by atoms with van der Waals surface area (Å²) in [6.45, 7) is 0. The summed E-state index contributed by atoms with van der Waals surface area (Å²) >= 11 is 3.35. The fourth-order valence-electron chi connectivity index (χ4n) is 1.93. The van der Waals surface area contributed by atoms with Crippen molar-refractivity contribution < 1.29 is 9.32 Å². The number of hydrogen-bond acceptors (Lipinski definition) is 3. The Bertz CT molecular complexity index is 751. The molecule has 3 aromatic rings. The van der Waals surface area contributed by atoms with Gasteiger partial charge in [-0.1, -0.05) is 51.4 Å². The van der Waals surface area contributed by atoms with Crippen LogP contribution >= 0.6 is 15.9 Å². The van der Waals surface area contributed by atoms with Crippen LogP contribution in [0.4, 0.5) is 5.69 Å². The van der Waals surface area contributed by atoms with E-state index in [1.54, 1.807) is 0 Å². The molecule has 0 fully saturated rings. The van der Waals surface area contributed by atoms with E-state index >= 15 is 0 Å². The maximum absolute atomic E-state index is 12.3. The Labute approximate surface area is 129 Å². The van der Waals surface area contributed by atoms with Gasteiger partial charge >= 0.3 is 0 Å². The van der Waals surface area contributed by atoms with Gasteiger partial charge in [-0.3, -0.25) is 4.79 Å². The molecule has 0 atom stereocenters. The van der Waals surface area contributed by atoms with Crippen molar-refractivity contribution in [1.29, 1.82) is 0 Å². The predicted molar refractivity (Wildman–Crippen MR) is 84.0 cm³/mol. The number of rotatable bonds is 3.